The molecular weight excluding hydrogens is 166 g/mol. The van der Waals surface area contributed by atoms with Crippen LogP contribution >= 0.6 is 0 Å². The van der Waals surface area contributed by atoms with E-state index in [1.165, 1.54) is 12.8 Å². The Morgan fingerprint density at radius 3 is 3.00 bits per heavy atom. The molecule has 1 saturated heterocycles. The molecule has 13 heavy (non-hydrogen) atoms. The first-order valence-electron chi connectivity index (χ1n) is 5.12. The summed E-state index contributed by atoms with van der Waals surface area (Å²) in [5.41, 5.74) is 0. The van der Waals surface area contributed by atoms with Crippen LogP contribution in [0.4, 0.5) is 0 Å². The third-order valence-electron chi connectivity index (χ3n) is 2.95. The Bertz CT molecular complexity index is 164. The van der Waals surface area contributed by atoms with Crippen LogP contribution in [-0.4, -0.2) is 24.2 Å². The van der Waals surface area contributed by atoms with E-state index in [1.807, 2.05) is 0 Å². The van der Waals surface area contributed by atoms with Gasteiger partial charge in [0.1, 0.15) is 0 Å². The van der Waals surface area contributed by atoms with Crippen LogP contribution in [0.15, 0.2) is 0 Å². The number of carboxylic acid groups (broad SMARTS) is 1. The van der Waals surface area contributed by atoms with Crippen LogP contribution in [0.3, 0.4) is 0 Å². The number of carbonyl (C=O) groups is 1. The van der Waals surface area contributed by atoms with E-state index in [4.69, 9.17) is 5.11 Å². The van der Waals surface area contributed by atoms with Gasteiger partial charge in [0.15, 0.2) is 0 Å². The number of nitrogens with one attached hydrogen (secondary N) is 1. The van der Waals surface area contributed by atoms with E-state index in [0.717, 1.165) is 19.5 Å². The van der Waals surface area contributed by atoms with Gasteiger partial charge in [-0.2, -0.15) is 0 Å². The highest BCUT2D eigenvalue weighted by atomic mass is 16.4. The molecule has 2 unspecified atom stereocenters. The fourth-order valence-corrected chi connectivity index (χ4v) is 1.95. The van der Waals surface area contributed by atoms with Crippen molar-refractivity contribution in [1.29, 1.82) is 0 Å². The summed E-state index contributed by atoms with van der Waals surface area (Å²) in [6.45, 7) is 4.36. The van der Waals surface area contributed by atoms with Gasteiger partial charge in [-0.3, -0.25) is 4.79 Å². The Hall–Kier alpha value is -0.570. The summed E-state index contributed by atoms with van der Waals surface area (Å²) in [5.74, 6) is 0.563. The van der Waals surface area contributed by atoms with Crippen molar-refractivity contribution in [3.05, 3.63) is 0 Å². The summed E-state index contributed by atoms with van der Waals surface area (Å²) in [5, 5.41) is 11.9. The SMILES string of the molecule is CC(CCC(=O)O)C1CCCNC1. The Balaban J connectivity index is 2.20. The molecule has 0 aromatic carbocycles. The predicted molar refractivity (Wildman–Crippen MR) is 51.6 cm³/mol. The van der Waals surface area contributed by atoms with E-state index in [2.05, 4.69) is 12.2 Å². The Morgan fingerprint density at radius 2 is 2.46 bits per heavy atom. The molecule has 2 N–H and O–H groups in total. The fraction of sp³-hybridized carbons (Fsp3) is 0.900. The molecule has 76 valence electrons. The zero-order chi connectivity index (χ0) is 9.68. The van der Waals surface area contributed by atoms with Crippen LogP contribution in [0.25, 0.3) is 0 Å². The van der Waals surface area contributed by atoms with Gasteiger partial charge in [-0.25, -0.2) is 0 Å². The molecule has 0 aliphatic carbocycles. The summed E-state index contributed by atoms with van der Waals surface area (Å²) in [7, 11) is 0. The maximum Gasteiger partial charge on any atom is 0.303 e. The number of aliphatic carboxylic acids is 1. The lowest BCUT2D eigenvalue weighted by Gasteiger charge is -2.27. The largest absolute Gasteiger partial charge is 0.481 e. The van der Waals surface area contributed by atoms with Gasteiger partial charge in [-0.15, -0.1) is 0 Å². The van der Waals surface area contributed by atoms with Crippen molar-refractivity contribution in [3.63, 3.8) is 0 Å². The lowest BCUT2D eigenvalue weighted by Crippen LogP contribution is -2.33. The summed E-state index contributed by atoms with van der Waals surface area (Å²) < 4.78 is 0. The maximum absolute atomic E-state index is 10.4. The number of hydrogen-bond donors (Lipinski definition) is 2. The van der Waals surface area contributed by atoms with Crippen LogP contribution in [-0.2, 0) is 4.79 Å². The van der Waals surface area contributed by atoms with Crippen LogP contribution < -0.4 is 5.32 Å². The first-order valence-corrected chi connectivity index (χ1v) is 5.12. The van der Waals surface area contributed by atoms with E-state index in [-0.39, 0.29) is 0 Å². The molecule has 3 nitrogen and oxygen atoms in total. The van der Waals surface area contributed by atoms with Gasteiger partial charge in [0, 0.05) is 6.42 Å². The van der Waals surface area contributed by atoms with Gasteiger partial charge in [0.05, 0.1) is 0 Å². The first kappa shape index (κ1) is 10.5. The van der Waals surface area contributed by atoms with Crippen LogP contribution in [0.1, 0.15) is 32.6 Å². The molecule has 2 atom stereocenters. The van der Waals surface area contributed by atoms with Crippen molar-refractivity contribution >= 4 is 5.97 Å². The predicted octanol–water partition coefficient (Wildman–Crippen LogP) is 1.49. The van der Waals surface area contributed by atoms with E-state index in [0.29, 0.717) is 18.3 Å². The molecule has 0 bridgehead atoms. The summed E-state index contributed by atoms with van der Waals surface area (Å²) in [6, 6.07) is 0. The van der Waals surface area contributed by atoms with E-state index in [9.17, 15) is 4.79 Å². The highest BCUT2D eigenvalue weighted by Crippen LogP contribution is 2.23. The molecular formula is C10H19NO2. The van der Waals surface area contributed by atoms with Gasteiger partial charge < -0.3 is 10.4 Å². The zero-order valence-electron chi connectivity index (χ0n) is 8.25. The summed E-state index contributed by atoms with van der Waals surface area (Å²) in [6.07, 6.45) is 3.63. The average Bonchev–Trinajstić information content (AvgIpc) is 2.15. The molecule has 1 fully saturated rings. The number of hydrogen-bond acceptors (Lipinski definition) is 2. The highest BCUT2D eigenvalue weighted by Gasteiger charge is 2.19. The highest BCUT2D eigenvalue weighted by molar-refractivity contribution is 5.66. The monoisotopic (exact) mass is 185 g/mol. The summed E-state index contributed by atoms with van der Waals surface area (Å²) >= 11 is 0. The normalized spacial score (nSPS) is 25.5. The van der Waals surface area contributed by atoms with Gasteiger partial charge in [0.25, 0.3) is 0 Å². The van der Waals surface area contributed by atoms with E-state index < -0.39 is 5.97 Å². The van der Waals surface area contributed by atoms with Crippen molar-refractivity contribution in [2.24, 2.45) is 11.8 Å². The van der Waals surface area contributed by atoms with E-state index >= 15 is 0 Å². The first-order chi connectivity index (χ1) is 6.20. The van der Waals surface area contributed by atoms with Crippen molar-refractivity contribution < 1.29 is 9.90 Å². The molecule has 0 aromatic heterocycles. The number of piperidine rings is 1. The average molecular weight is 185 g/mol. The van der Waals surface area contributed by atoms with Gasteiger partial charge in [-0.1, -0.05) is 6.92 Å². The molecule has 0 amide bonds. The van der Waals surface area contributed by atoms with Crippen molar-refractivity contribution in [1.82, 2.24) is 5.32 Å². The molecule has 0 aromatic rings. The third kappa shape index (κ3) is 3.77. The van der Waals surface area contributed by atoms with E-state index in [1.54, 1.807) is 0 Å². The second-order valence-corrected chi connectivity index (χ2v) is 4.02. The van der Waals surface area contributed by atoms with Gasteiger partial charge in [0.2, 0.25) is 0 Å². The Labute approximate surface area is 79.5 Å². The van der Waals surface area contributed by atoms with Crippen molar-refractivity contribution in [2.75, 3.05) is 13.1 Å². The van der Waals surface area contributed by atoms with Crippen molar-refractivity contribution in [3.8, 4) is 0 Å². The summed E-state index contributed by atoms with van der Waals surface area (Å²) in [4.78, 5) is 10.4. The minimum absolute atomic E-state index is 0.317. The third-order valence-corrected chi connectivity index (χ3v) is 2.95. The van der Waals surface area contributed by atoms with Crippen LogP contribution in [0.2, 0.25) is 0 Å². The van der Waals surface area contributed by atoms with Gasteiger partial charge >= 0.3 is 5.97 Å². The lowest BCUT2D eigenvalue weighted by molar-refractivity contribution is -0.137. The molecule has 1 heterocycles. The molecule has 3 heteroatoms. The maximum atomic E-state index is 10.4. The molecule has 0 spiro atoms. The molecule has 0 saturated carbocycles. The zero-order valence-corrected chi connectivity index (χ0v) is 8.25. The second kappa shape index (κ2) is 5.22. The molecule has 1 rings (SSSR count). The second-order valence-electron chi connectivity index (χ2n) is 4.02. The fourth-order valence-electron chi connectivity index (χ4n) is 1.95. The van der Waals surface area contributed by atoms with Crippen LogP contribution in [0.5, 0.6) is 0 Å². The number of rotatable bonds is 4. The van der Waals surface area contributed by atoms with Crippen molar-refractivity contribution in [2.45, 2.75) is 32.6 Å². The molecule has 1 aliphatic rings. The molecule has 0 radical (unpaired) electrons. The Morgan fingerprint density at radius 1 is 1.69 bits per heavy atom. The molecule has 1 aliphatic heterocycles. The standard InChI is InChI=1S/C10H19NO2/c1-8(4-5-10(12)13)9-3-2-6-11-7-9/h8-9,11H,2-7H2,1H3,(H,12,13). The Kier molecular flexibility index (Phi) is 4.22. The quantitative estimate of drug-likeness (QED) is 0.697. The number of carboxylic acids is 1. The smallest absolute Gasteiger partial charge is 0.303 e. The minimum Gasteiger partial charge on any atom is -0.481 e. The van der Waals surface area contributed by atoms with Gasteiger partial charge in [-0.05, 0) is 44.2 Å². The van der Waals surface area contributed by atoms with Crippen LogP contribution in [0, 0.1) is 11.8 Å². The lowest BCUT2D eigenvalue weighted by atomic mass is 9.85. The minimum atomic E-state index is -0.671. The topological polar surface area (TPSA) is 49.3 Å².